The second-order valence-electron chi connectivity index (χ2n) is 4.36. The summed E-state index contributed by atoms with van der Waals surface area (Å²) in [7, 11) is 0. The monoisotopic (exact) mass is 273 g/mol. The van der Waals surface area contributed by atoms with Gasteiger partial charge in [-0.05, 0) is 25.1 Å². The van der Waals surface area contributed by atoms with E-state index in [4.69, 9.17) is 9.52 Å². The van der Waals surface area contributed by atoms with E-state index in [2.05, 4.69) is 5.10 Å². The molecule has 20 heavy (non-hydrogen) atoms. The number of nitrogens with zero attached hydrogens (tertiary/aromatic N) is 3. The summed E-state index contributed by atoms with van der Waals surface area (Å²) in [6.07, 6.45) is 1.62. The average Bonchev–Trinajstić information content (AvgIpc) is 2.92. The minimum atomic E-state index is -1.06. The molecule has 7 heteroatoms. The van der Waals surface area contributed by atoms with Crippen LogP contribution in [0.5, 0.6) is 0 Å². The summed E-state index contributed by atoms with van der Waals surface area (Å²) in [5.74, 6) is -0.366. The third-order valence-corrected chi connectivity index (χ3v) is 2.99. The molecular weight excluding hydrogens is 262 g/mol. The molecule has 0 aliphatic rings. The Bertz CT molecular complexity index is 856. The van der Waals surface area contributed by atoms with Gasteiger partial charge in [-0.15, -0.1) is 5.10 Å². The Hall–Kier alpha value is -2.83. The van der Waals surface area contributed by atoms with Crippen molar-refractivity contribution < 1.29 is 14.3 Å². The molecule has 0 bridgehead atoms. The van der Waals surface area contributed by atoms with E-state index in [-0.39, 0.29) is 17.8 Å². The van der Waals surface area contributed by atoms with E-state index >= 15 is 0 Å². The van der Waals surface area contributed by atoms with Crippen molar-refractivity contribution in [2.75, 3.05) is 0 Å². The van der Waals surface area contributed by atoms with Crippen LogP contribution in [0.2, 0.25) is 0 Å². The molecular formula is C13H11N3O4. The van der Waals surface area contributed by atoms with Gasteiger partial charge in [0.2, 0.25) is 0 Å². The number of pyridine rings is 1. The summed E-state index contributed by atoms with van der Waals surface area (Å²) < 4.78 is 7.99. The first kappa shape index (κ1) is 12.2. The SMILES string of the molecule is Cc1oc(Cn2nc3ccccn3c2=O)cc1C(=O)O. The zero-order valence-electron chi connectivity index (χ0n) is 10.6. The summed E-state index contributed by atoms with van der Waals surface area (Å²) in [5.41, 5.74) is 0.322. The summed E-state index contributed by atoms with van der Waals surface area (Å²) in [6.45, 7) is 1.66. The van der Waals surface area contributed by atoms with Crippen LogP contribution in [0, 0.1) is 6.92 Å². The van der Waals surface area contributed by atoms with Crippen LogP contribution >= 0.6 is 0 Å². The van der Waals surface area contributed by atoms with Crippen molar-refractivity contribution in [3.8, 4) is 0 Å². The van der Waals surface area contributed by atoms with Crippen molar-refractivity contribution >= 4 is 11.6 Å². The van der Waals surface area contributed by atoms with Crippen LogP contribution in [0.1, 0.15) is 21.9 Å². The summed E-state index contributed by atoms with van der Waals surface area (Å²) in [4.78, 5) is 23.0. The molecule has 3 rings (SSSR count). The number of fused-ring (bicyclic) bond motifs is 1. The molecule has 3 aromatic heterocycles. The number of furan rings is 1. The Morgan fingerprint density at radius 3 is 2.90 bits per heavy atom. The number of aromatic carboxylic acids is 1. The molecule has 0 aliphatic carbocycles. The maximum absolute atomic E-state index is 12.1. The van der Waals surface area contributed by atoms with Crippen molar-refractivity contribution in [3.05, 3.63) is 58.0 Å². The molecule has 0 amide bonds. The number of aromatic nitrogens is 3. The van der Waals surface area contributed by atoms with E-state index in [0.717, 1.165) is 0 Å². The molecule has 0 aromatic carbocycles. The summed E-state index contributed by atoms with van der Waals surface area (Å²) >= 11 is 0. The number of carboxylic acid groups (broad SMARTS) is 1. The van der Waals surface area contributed by atoms with Gasteiger partial charge in [-0.1, -0.05) is 6.07 Å². The van der Waals surface area contributed by atoms with Crippen molar-refractivity contribution in [1.29, 1.82) is 0 Å². The first-order chi connectivity index (χ1) is 9.56. The lowest BCUT2D eigenvalue weighted by atomic mass is 10.2. The third-order valence-electron chi connectivity index (χ3n) is 2.99. The van der Waals surface area contributed by atoms with Crippen LogP contribution < -0.4 is 5.69 Å². The zero-order chi connectivity index (χ0) is 14.3. The molecule has 1 N–H and O–H groups in total. The highest BCUT2D eigenvalue weighted by atomic mass is 16.4. The predicted molar refractivity (Wildman–Crippen MR) is 69.0 cm³/mol. The van der Waals surface area contributed by atoms with Crippen LogP contribution in [0.25, 0.3) is 5.65 Å². The first-order valence-corrected chi connectivity index (χ1v) is 5.93. The Kier molecular flexibility index (Phi) is 2.67. The van der Waals surface area contributed by atoms with Gasteiger partial charge in [-0.2, -0.15) is 0 Å². The molecule has 0 fully saturated rings. The van der Waals surface area contributed by atoms with Crippen molar-refractivity contribution in [2.24, 2.45) is 0 Å². The standard InChI is InChI=1S/C13H11N3O4/c1-8-10(12(17)18)6-9(20-8)7-16-13(19)15-5-3-2-4-11(15)14-16/h2-6H,7H2,1H3,(H,17,18). The fraction of sp³-hybridized carbons (Fsp3) is 0.154. The maximum Gasteiger partial charge on any atom is 0.350 e. The van der Waals surface area contributed by atoms with Crippen LogP contribution in [-0.2, 0) is 6.54 Å². The third kappa shape index (κ3) is 1.89. The lowest BCUT2D eigenvalue weighted by Crippen LogP contribution is -2.21. The van der Waals surface area contributed by atoms with E-state index in [1.54, 1.807) is 31.3 Å². The number of rotatable bonds is 3. The Morgan fingerprint density at radius 2 is 2.25 bits per heavy atom. The van der Waals surface area contributed by atoms with Gasteiger partial charge in [0.25, 0.3) is 0 Å². The number of carbonyl (C=O) groups is 1. The molecule has 7 nitrogen and oxygen atoms in total. The lowest BCUT2D eigenvalue weighted by molar-refractivity contribution is 0.0695. The van der Waals surface area contributed by atoms with E-state index in [0.29, 0.717) is 17.2 Å². The van der Waals surface area contributed by atoms with Gasteiger partial charge in [0, 0.05) is 6.20 Å². The van der Waals surface area contributed by atoms with Crippen LogP contribution in [0.3, 0.4) is 0 Å². The molecule has 3 heterocycles. The van der Waals surface area contributed by atoms with Gasteiger partial charge in [0.1, 0.15) is 23.6 Å². The highest BCUT2D eigenvalue weighted by molar-refractivity contribution is 5.88. The van der Waals surface area contributed by atoms with E-state index in [9.17, 15) is 9.59 Å². The number of carboxylic acids is 1. The van der Waals surface area contributed by atoms with Gasteiger partial charge in [0.15, 0.2) is 5.65 Å². The minimum Gasteiger partial charge on any atom is -0.478 e. The van der Waals surface area contributed by atoms with Gasteiger partial charge in [-0.25, -0.2) is 14.3 Å². The highest BCUT2D eigenvalue weighted by Gasteiger charge is 2.15. The molecule has 0 spiro atoms. The summed E-state index contributed by atoms with van der Waals surface area (Å²) in [5, 5.41) is 13.1. The van der Waals surface area contributed by atoms with Crippen molar-refractivity contribution in [2.45, 2.75) is 13.5 Å². The fourth-order valence-electron chi connectivity index (χ4n) is 2.05. The molecule has 0 saturated carbocycles. The first-order valence-electron chi connectivity index (χ1n) is 5.93. The molecule has 0 radical (unpaired) electrons. The largest absolute Gasteiger partial charge is 0.478 e. The second-order valence-corrected chi connectivity index (χ2v) is 4.36. The topological polar surface area (TPSA) is 89.7 Å². The van der Waals surface area contributed by atoms with Crippen molar-refractivity contribution in [3.63, 3.8) is 0 Å². The smallest absolute Gasteiger partial charge is 0.350 e. The Labute approximate surface area is 112 Å². The lowest BCUT2D eigenvalue weighted by Gasteiger charge is -1.94. The zero-order valence-corrected chi connectivity index (χ0v) is 10.6. The summed E-state index contributed by atoms with van der Waals surface area (Å²) in [6, 6.07) is 6.65. The molecule has 0 aliphatic heterocycles. The van der Waals surface area contributed by atoms with Crippen LogP contribution in [0.15, 0.2) is 39.7 Å². The van der Waals surface area contributed by atoms with Gasteiger partial charge < -0.3 is 9.52 Å². The number of aryl methyl sites for hydroxylation is 1. The molecule has 3 aromatic rings. The normalized spacial score (nSPS) is 11.1. The fourth-order valence-corrected chi connectivity index (χ4v) is 2.05. The predicted octanol–water partition coefficient (Wildman–Crippen LogP) is 1.14. The Balaban J connectivity index is 2.01. The van der Waals surface area contributed by atoms with E-state index < -0.39 is 5.97 Å². The molecule has 0 unspecified atom stereocenters. The van der Waals surface area contributed by atoms with E-state index in [1.807, 2.05) is 0 Å². The van der Waals surface area contributed by atoms with E-state index in [1.165, 1.54) is 15.1 Å². The molecule has 102 valence electrons. The Morgan fingerprint density at radius 1 is 1.45 bits per heavy atom. The van der Waals surface area contributed by atoms with Gasteiger partial charge >= 0.3 is 11.7 Å². The molecule has 0 saturated heterocycles. The van der Waals surface area contributed by atoms with Crippen LogP contribution in [-0.4, -0.2) is 25.3 Å². The number of hydrogen-bond acceptors (Lipinski definition) is 4. The highest BCUT2D eigenvalue weighted by Crippen LogP contribution is 2.15. The van der Waals surface area contributed by atoms with Crippen molar-refractivity contribution in [1.82, 2.24) is 14.2 Å². The number of hydrogen-bond donors (Lipinski definition) is 1. The second kappa shape index (κ2) is 4.37. The maximum atomic E-state index is 12.1. The van der Waals surface area contributed by atoms with Crippen LogP contribution in [0.4, 0.5) is 0 Å². The van der Waals surface area contributed by atoms with Gasteiger partial charge in [0.05, 0.1) is 0 Å². The minimum absolute atomic E-state index is 0.0919. The quantitative estimate of drug-likeness (QED) is 0.773. The molecule has 0 atom stereocenters. The van der Waals surface area contributed by atoms with Gasteiger partial charge in [-0.3, -0.25) is 4.40 Å². The average molecular weight is 273 g/mol.